The molecule has 0 heterocycles. The molecule has 0 aromatic heterocycles. The van der Waals surface area contributed by atoms with Gasteiger partial charge in [-0.3, -0.25) is 0 Å². The molecule has 0 fully saturated rings. The molecule has 0 spiro atoms. The van der Waals surface area contributed by atoms with E-state index in [1.165, 1.54) is 0 Å². The smallest absolute Gasteiger partial charge is 0.169 e. The van der Waals surface area contributed by atoms with Crippen LogP contribution in [0.4, 0.5) is 0 Å². The molecule has 0 rings (SSSR count). The fourth-order valence-electron chi connectivity index (χ4n) is 1.10. The lowest BCUT2D eigenvalue weighted by Crippen LogP contribution is -2.44. The Labute approximate surface area is 86.4 Å². The van der Waals surface area contributed by atoms with Gasteiger partial charge < -0.3 is 15.0 Å². The second-order valence-electron chi connectivity index (χ2n) is 3.10. The van der Waals surface area contributed by atoms with Crippen LogP contribution in [0.25, 0.3) is 0 Å². The number of hydrogen-bond donors (Lipinski definition) is 1. The zero-order valence-electron chi connectivity index (χ0n) is 8.96. The predicted molar refractivity (Wildman–Crippen MR) is 60.0 cm³/mol. The molecule has 0 aliphatic carbocycles. The minimum atomic E-state index is 0.451. The zero-order valence-corrected chi connectivity index (χ0v) is 9.78. The van der Waals surface area contributed by atoms with E-state index in [9.17, 15) is 0 Å². The number of methoxy groups -OCH3 is 1. The molecule has 0 amide bonds. The summed E-state index contributed by atoms with van der Waals surface area (Å²) in [6.45, 7) is 8.77. The summed E-state index contributed by atoms with van der Waals surface area (Å²) in [6.07, 6.45) is 0. The van der Waals surface area contributed by atoms with Gasteiger partial charge in [-0.2, -0.15) is 0 Å². The third kappa shape index (κ3) is 5.05. The largest absolute Gasteiger partial charge is 0.383 e. The van der Waals surface area contributed by atoms with Crippen molar-refractivity contribution < 1.29 is 4.74 Å². The maximum atomic E-state index is 5.22. The lowest BCUT2D eigenvalue weighted by atomic mass is 10.3. The molecule has 0 saturated heterocycles. The highest BCUT2D eigenvalue weighted by Gasteiger charge is 2.09. The van der Waals surface area contributed by atoms with Crippen molar-refractivity contribution in [3.8, 4) is 0 Å². The van der Waals surface area contributed by atoms with Crippen molar-refractivity contribution in [3.05, 3.63) is 0 Å². The molecule has 3 nitrogen and oxygen atoms in total. The van der Waals surface area contributed by atoms with E-state index < -0.39 is 0 Å². The van der Waals surface area contributed by atoms with Crippen LogP contribution < -0.4 is 5.32 Å². The number of nitrogens with zero attached hydrogens (tertiary/aromatic N) is 1. The van der Waals surface area contributed by atoms with Gasteiger partial charge in [-0.1, -0.05) is 0 Å². The first-order chi connectivity index (χ1) is 6.13. The molecule has 0 bridgehead atoms. The van der Waals surface area contributed by atoms with Crippen LogP contribution in [0.15, 0.2) is 0 Å². The molecule has 0 atom stereocenters. The Bertz CT molecular complexity index is 151. The Balaban J connectivity index is 3.78. The molecular weight excluding hydrogens is 184 g/mol. The van der Waals surface area contributed by atoms with Gasteiger partial charge in [0.25, 0.3) is 0 Å². The summed E-state index contributed by atoms with van der Waals surface area (Å²) in [4.78, 5) is 2.14. The second-order valence-corrected chi connectivity index (χ2v) is 3.49. The van der Waals surface area contributed by atoms with Crippen LogP contribution >= 0.6 is 12.2 Å². The van der Waals surface area contributed by atoms with Crippen LogP contribution in [-0.4, -0.2) is 42.9 Å². The van der Waals surface area contributed by atoms with E-state index in [1.807, 2.05) is 0 Å². The van der Waals surface area contributed by atoms with Gasteiger partial charge in [0.15, 0.2) is 5.11 Å². The SMILES string of the molecule is CCN(C(=S)NCCOC)C(C)C. The van der Waals surface area contributed by atoms with Gasteiger partial charge in [0, 0.05) is 26.2 Å². The minimum Gasteiger partial charge on any atom is -0.383 e. The van der Waals surface area contributed by atoms with Gasteiger partial charge in [-0.05, 0) is 33.0 Å². The Morgan fingerprint density at radius 1 is 1.54 bits per heavy atom. The number of nitrogens with one attached hydrogen (secondary N) is 1. The van der Waals surface area contributed by atoms with Crippen LogP contribution in [0.3, 0.4) is 0 Å². The number of rotatable bonds is 5. The molecule has 0 aliphatic heterocycles. The van der Waals surface area contributed by atoms with Crippen LogP contribution in [0.1, 0.15) is 20.8 Å². The van der Waals surface area contributed by atoms with Crippen molar-refractivity contribution in [1.82, 2.24) is 10.2 Å². The Kier molecular flexibility index (Phi) is 6.90. The molecule has 1 N–H and O–H groups in total. The average molecular weight is 204 g/mol. The Morgan fingerprint density at radius 2 is 2.15 bits per heavy atom. The number of hydrogen-bond acceptors (Lipinski definition) is 2. The normalized spacial score (nSPS) is 10.2. The first-order valence-corrected chi connectivity index (χ1v) is 5.07. The van der Waals surface area contributed by atoms with E-state index in [2.05, 4.69) is 31.0 Å². The van der Waals surface area contributed by atoms with Crippen molar-refractivity contribution in [1.29, 1.82) is 0 Å². The van der Waals surface area contributed by atoms with Crippen molar-refractivity contribution in [2.75, 3.05) is 26.8 Å². The summed E-state index contributed by atoms with van der Waals surface area (Å²) in [6, 6.07) is 0.451. The number of ether oxygens (including phenoxy) is 1. The second kappa shape index (κ2) is 7.09. The van der Waals surface area contributed by atoms with Gasteiger partial charge in [-0.25, -0.2) is 0 Å². The third-order valence-corrected chi connectivity index (χ3v) is 2.19. The van der Waals surface area contributed by atoms with E-state index in [4.69, 9.17) is 17.0 Å². The van der Waals surface area contributed by atoms with E-state index in [0.29, 0.717) is 12.6 Å². The topological polar surface area (TPSA) is 24.5 Å². The molecule has 0 aromatic rings. The highest BCUT2D eigenvalue weighted by atomic mass is 32.1. The maximum absolute atomic E-state index is 5.22. The van der Waals surface area contributed by atoms with Gasteiger partial charge in [0.05, 0.1) is 6.61 Å². The van der Waals surface area contributed by atoms with Crippen molar-refractivity contribution >= 4 is 17.3 Å². The molecule has 0 aliphatic rings. The molecule has 4 heteroatoms. The number of thiocarbonyl (C=S) groups is 1. The minimum absolute atomic E-state index is 0.451. The monoisotopic (exact) mass is 204 g/mol. The van der Waals surface area contributed by atoms with E-state index in [-0.39, 0.29) is 0 Å². The Morgan fingerprint density at radius 3 is 2.54 bits per heavy atom. The fourth-order valence-corrected chi connectivity index (χ4v) is 1.55. The van der Waals surface area contributed by atoms with E-state index >= 15 is 0 Å². The standard InChI is InChI=1S/C9H20N2OS/c1-5-11(8(2)3)9(13)10-6-7-12-4/h8H,5-7H2,1-4H3,(H,10,13). The van der Waals surface area contributed by atoms with Gasteiger partial charge in [0.2, 0.25) is 0 Å². The third-order valence-electron chi connectivity index (χ3n) is 1.81. The molecule has 13 heavy (non-hydrogen) atoms. The molecule has 0 radical (unpaired) electrons. The summed E-state index contributed by atoms with van der Waals surface area (Å²) in [7, 11) is 1.69. The zero-order chi connectivity index (χ0) is 10.3. The van der Waals surface area contributed by atoms with Crippen molar-refractivity contribution in [2.45, 2.75) is 26.8 Å². The first-order valence-electron chi connectivity index (χ1n) is 4.66. The molecule has 0 unspecified atom stereocenters. The highest BCUT2D eigenvalue weighted by Crippen LogP contribution is 1.97. The maximum Gasteiger partial charge on any atom is 0.169 e. The van der Waals surface area contributed by atoms with Crippen molar-refractivity contribution in [2.24, 2.45) is 0 Å². The average Bonchev–Trinajstić information content (AvgIpc) is 2.05. The summed E-state index contributed by atoms with van der Waals surface area (Å²) < 4.78 is 4.93. The van der Waals surface area contributed by atoms with E-state index in [0.717, 1.165) is 18.2 Å². The highest BCUT2D eigenvalue weighted by molar-refractivity contribution is 7.80. The van der Waals surface area contributed by atoms with Crippen LogP contribution in [0.5, 0.6) is 0 Å². The van der Waals surface area contributed by atoms with Crippen LogP contribution in [-0.2, 0) is 4.74 Å². The molecule has 78 valence electrons. The Hall–Kier alpha value is -0.350. The van der Waals surface area contributed by atoms with Gasteiger partial charge in [-0.15, -0.1) is 0 Å². The van der Waals surface area contributed by atoms with Crippen LogP contribution in [0, 0.1) is 0 Å². The van der Waals surface area contributed by atoms with Crippen LogP contribution in [0.2, 0.25) is 0 Å². The summed E-state index contributed by atoms with van der Waals surface area (Å²) >= 11 is 5.22. The van der Waals surface area contributed by atoms with Crippen molar-refractivity contribution in [3.63, 3.8) is 0 Å². The first kappa shape index (κ1) is 12.7. The fraction of sp³-hybridized carbons (Fsp3) is 0.889. The van der Waals surface area contributed by atoms with Gasteiger partial charge in [0.1, 0.15) is 0 Å². The molecule has 0 aromatic carbocycles. The lowest BCUT2D eigenvalue weighted by Gasteiger charge is -2.28. The predicted octanol–water partition coefficient (Wildman–Crippen LogP) is 1.24. The molecule has 0 saturated carbocycles. The lowest BCUT2D eigenvalue weighted by molar-refractivity contribution is 0.202. The summed E-state index contributed by atoms with van der Waals surface area (Å²) in [5, 5.41) is 3.96. The summed E-state index contributed by atoms with van der Waals surface area (Å²) in [5.41, 5.74) is 0. The quantitative estimate of drug-likeness (QED) is 0.538. The van der Waals surface area contributed by atoms with Gasteiger partial charge >= 0.3 is 0 Å². The summed E-state index contributed by atoms with van der Waals surface area (Å²) in [5.74, 6) is 0. The van der Waals surface area contributed by atoms with E-state index in [1.54, 1.807) is 7.11 Å². The molecular formula is C9H20N2OS.